The fourth-order valence-corrected chi connectivity index (χ4v) is 1.23. The van der Waals surface area contributed by atoms with Crippen LogP contribution in [0.15, 0.2) is 0 Å². The van der Waals surface area contributed by atoms with Crippen LogP contribution < -0.4 is 5.73 Å². The molecule has 84 valence electrons. The Labute approximate surface area is 90.7 Å². The second-order valence-electron chi connectivity index (χ2n) is 3.64. The molecule has 0 aliphatic rings. The van der Waals surface area contributed by atoms with Gasteiger partial charge in [0.25, 0.3) is 0 Å². The van der Waals surface area contributed by atoms with E-state index in [4.69, 9.17) is 23.1 Å². The average molecular weight is 220 g/mol. The number of aliphatic hydroxyl groups is 2. The Balaban J connectivity index is 3.95. The second kappa shape index (κ2) is 7.11. The fraction of sp³-hybridized carbons (Fsp3) is 0.889. The lowest BCUT2D eigenvalue weighted by atomic mass is 10.2. The van der Waals surface area contributed by atoms with Crippen LogP contribution in [-0.4, -0.2) is 51.9 Å². The van der Waals surface area contributed by atoms with Gasteiger partial charge in [-0.1, -0.05) is 12.2 Å². The van der Waals surface area contributed by atoms with Crippen molar-refractivity contribution in [3.05, 3.63) is 0 Å². The average Bonchev–Trinajstić information content (AvgIpc) is 2.10. The van der Waals surface area contributed by atoms with Gasteiger partial charge in [0.15, 0.2) is 0 Å². The molecule has 0 amide bonds. The van der Waals surface area contributed by atoms with Crippen molar-refractivity contribution < 1.29 is 10.2 Å². The summed E-state index contributed by atoms with van der Waals surface area (Å²) in [7, 11) is 0. The Hall–Kier alpha value is -0.230. The lowest BCUT2D eigenvalue weighted by Crippen LogP contribution is -2.40. The normalized spacial score (nSPS) is 13.6. The lowest BCUT2D eigenvalue weighted by Gasteiger charge is -2.27. The monoisotopic (exact) mass is 220 g/mol. The molecule has 0 aromatic heterocycles. The van der Waals surface area contributed by atoms with Crippen LogP contribution in [0.1, 0.15) is 20.3 Å². The summed E-state index contributed by atoms with van der Waals surface area (Å²) >= 11 is 4.78. The first-order valence-corrected chi connectivity index (χ1v) is 5.19. The van der Waals surface area contributed by atoms with Gasteiger partial charge in [-0.15, -0.1) is 0 Å². The maximum Gasteiger partial charge on any atom is 0.0897 e. The van der Waals surface area contributed by atoms with Crippen molar-refractivity contribution in [3.8, 4) is 0 Å². The van der Waals surface area contributed by atoms with E-state index in [1.54, 1.807) is 0 Å². The van der Waals surface area contributed by atoms with Gasteiger partial charge < -0.3 is 15.9 Å². The molecule has 0 aliphatic carbocycles. The smallest absolute Gasteiger partial charge is 0.0897 e. The summed E-state index contributed by atoms with van der Waals surface area (Å²) in [5, 5.41) is 18.0. The van der Waals surface area contributed by atoms with Crippen molar-refractivity contribution in [2.45, 2.75) is 32.4 Å². The number of nitrogens with two attached hydrogens (primary N) is 1. The molecule has 0 fully saturated rings. The van der Waals surface area contributed by atoms with Crippen LogP contribution in [0.4, 0.5) is 0 Å². The molecule has 0 spiro atoms. The zero-order valence-electron chi connectivity index (χ0n) is 8.81. The standard InChI is InChI=1S/C9H20N2O2S/c1-7(2)11(4-3-9(10)14)5-8(13)6-12/h7-8,12-13H,3-6H2,1-2H3,(H2,10,14). The molecule has 0 saturated heterocycles. The van der Waals surface area contributed by atoms with Crippen molar-refractivity contribution in [3.63, 3.8) is 0 Å². The van der Waals surface area contributed by atoms with Gasteiger partial charge in [0.05, 0.1) is 17.7 Å². The number of rotatable bonds is 7. The highest BCUT2D eigenvalue weighted by Crippen LogP contribution is 2.01. The number of hydrogen-bond acceptors (Lipinski definition) is 4. The van der Waals surface area contributed by atoms with E-state index < -0.39 is 6.10 Å². The molecule has 4 nitrogen and oxygen atoms in total. The molecule has 14 heavy (non-hydrogen) atoms. The molecule has 0 rings (SSSR count). The number of nitrogens with zero attached hydrogens (tertiary/aromatic N) is 1. The third-order valence-electron chi connectivity index (χ3n) is 2.03. The van der Waals surface area contributed by atoms with Gasteiger partial charge in [-0.25, -0.2) is 0 Å². The van der Waals surface area contributed by atoms with Gasteiger partial charge in [-0.2, -0.15) is 0 Å². The summed E-state index contributed by atoms with van der Waals surface area (Å²) in [5.41, 5.74) is 5.40. The predicted octanol–water partition coefficient (Wildman–Crippen LogP) is -0.274. The predicted molar refractivity (Wildman–Crippen MR) is 61.2 cm³/mol. The first-order chi connectivity index (χ1) is 6.47. The first-order valence-electron chi connectivity index (χ1n) is 4.78. The summed E-state index contributed by atoms with van der Waals surface area (Å²) in [5.74, 6) is 0. The van der Waals surface area contributed by atoms with E-state index in [2.05, 4.69) is 0 Å². The van der Waals surface area contributed by atoms with Crippen molar-refractivity contribution in [2.75, 3.05) is 19.7 Å². The molecule has 1 unspecified atom stereocenters. The van der Waals surface area contributed by atoms with Gasteiger partial charge in [-0.05, 0) is 13.8 Å². The second-order valence-corrected chi connectivity index (χ2v) is 4.17. The van der Waals surface area contributed by atoms with Crippen LogP contribution in [0.3, 0.4) is 0 Å². The van der Waals surface area contributed by atoms with E-state index in [0.29, 0.717) is 24.0 Å². The Kier molecular flexibility index (Phi) is 7.00. The molecule has 0 aromatic carbocycles. The van der Waals surface area contributed by atoms with Gasteiger partial charge in [0, 0.05) is 25.6 Å². The molecule has 4 N–H and O–H groups in total. The zero-order chi connectivity index (χ0) is 11.1. The van der Waals surface area contributed by atoms with Gasteiger partial charge in [0.2, 0.25) is 0 Å². The first kappa shape index (κ1) is 13.8. The molecule has 0 radical (unpaired) electrons. The highest BCUT2D eigenvalue weighted by molar-refractivity contribution is 7.80. The molecule has 5 heteroatoms. The molecule has 1 atom stereocenters. The highest BCUT2D eigenvalue weighted by atomic mass is 32.1. The van der Waals surface area contributed by atoms with Crippen molar-refractivity contribution >= 4 is 17.2 Å². The van der Waals surface area contributed by atoms with Crippen LogP contribution >= 0.6 is 12.2 Å². The minimum Gasteiger partial charge on any atom is -0.394 e. The van der Waals surface area contributed by atoms with E-state index in [1.165, 1.54) is 0 Å². The van der Waals surface area contributed by atoms with Gasteiger partial charge in [-0.3, -0.25) is 4.90 Å². The van der Waals surface area contributed by atoms with Gasteiger partial charge in [0.1, 0.15) is 0 Å². The van der Waals surface area contributed by atoms with Crippen LogP contribution in [-0.2, 0) is 0 Å². The summed E-state index contributed by atoms with van der Waals surface area (Å²) < 4.78 is 0. The minimum atomic E-state index is -0.691. The SMILES string of the molecule is CC(C)N(CCC(N)=S)CC(O)CO. The number of hydrogen-bond donors (Lipinski definition) is 3. The van der Waals surface area contributed by atoms with E-state index in [0.717, 1.165) is 6.54 Å². The molecular formula is C9H20N2O2S. The van der Waals surface area contributed by atoms with E-state index >= 15 is 0 Å². The van der Waals surface area contributed by atoms with Crippen LogP contribution in [0.5, 0.6) is 0 Å². The number of thiocarbonyl (C=S) groups is 1. The van der Waals surface area contributed by atoms with E-state index in [-0.39, 0.29) is 6.61 Å². The molecule has 0 bridgehead atoms. The zero-order valence-corrected chi connectivity index (χ0v) is 9.63. The Morgan fingerprint density at radius 3 is 2.43 bits per heavy atom. The van der Waals surface area contributed by atoms with Gasteiger partial charge >= 0.3 is 0 Å². The largest absolute Gasteiger partial charge is 0.394 e. The van der Waals surface area contributed by atoms with Crippen molar-refractivity contribution in [1.82, 2.24) is 4.90 Å². The molecule has 0 aliphatic heterocycles. The Morgan fingerprint density at radius 2 is 2.07 bits per heavy atom. The topological polar surface area (TPSA) is 69.7 Å². The molecule has 0 saturated carbocycles. The number of aliphatic hydroxyl groups excluding tert-OH is 2. The highest BCUT2D eigenvalue weighted by Gasteiger charge is 2.13. The van der Waals surface area contributed by atoms with Crippen LogP contribution in [0.2, 0.25) is 0 Å². The maximum absolute atomic E-state index is 9.29. The molecule has 0 heterocycles. The molecule has 0 aromatic rings. The Morgan fingerprint density at radius 1 is 1.50 bits per heavy atom. The van der Waals surface area contributed by atoms with E-state index in [1.807, 2.05) is 18.7 Å². The third kappa shape index (κ3) is 6.26. The van der Waals surface area contributed by atoms with E-state index in [9.17, 15) is 5.11 Å². The summed E-state index contributed by atoms with van der Waals surface area (Å²) in [4.78, 5) is 2.52. The third-order valence-corrected chi connectivity index (χ3v) is 2.24. The summed E-state index contributed by atoms with van der Waals surface area (Å²) in [6, 6.07) is 0.311. The molecular weight excluding hydrogens is 200 g/mol. The van der Waals surface area contributed by atoms with Crippen molar-refractivity contribution in [2.24, 2.45) is 5.73 Å². The minimum absolute atomic E-state index is 0.212. The Bertz CT molecular complexity index is 176. The quantitative estimate of drug-likeness (QED) is 0.515. The maximum atomic E-state index is 9.29. The van der Waals surface area contributed by atoms with Crippen LogP contribution in [0.25, 0.3) is 0 Å². The fourth-order valence-electron chi connectivity index (χ4n) is 1.14. The van der Waals surface area contributed by atoms with Crippen LogP contribution in [0, 0.1) is 0 Å². The lowest BCUT2D eigenvalue weighted by molar-refractivity contribution is 0.0504. The van der Waals surface area contributed by atoms with Crippen molar-refractivity contribution in [1.29, 1.82) is 0 Å². The summed E-state index contributed by atoms with van der Waals surface area (Å²) in [6.07, 6.45) is -0.0465. The summed E-state index contributed by atoms with van der Waals surface area (Å²) in [6.45, 7) is 5.03.